The van der Waals surface area contributed by atoms with E-state index in [1.54, 1.807) is 24.3 Å². The molecule has 1 N–H and O–H groups in total. The van der Waals surface area contributed by atoms with Crippen molar-refractivity contribution in [2.75, 3.05) is 13.2 Å². The van der Waals surface area contributed by atoms with Crippen LogP contribution in [-0.4, -0.2) is 48.0 Å². The number of nitrogens with one attached hydrogen (secondary N) is 1. The lowest BCUT2D eigenvalue weighted by Crippen LogP contribution is -2.44. The molecule has 8 nitrogen and oxygen atoms in total. The number of ketones is 1. The zero-order valence-electron chi connectivity index (χ0n) is 20.2. The topological polar surface area (TPSA) is 106 Å². The lowest BCUT2D eigenvalue weighted by Gasteiger charge is -2.35. The number of hydrogen-bond donors (Lipinski definition) is 1. The first-order chi connectivity index (χ1) is 16.6. The van der Waals surface area contributed by atoms with Gasteiger partial charge in [0.15, 0.2) is 5.78 Å². The van der Waals surface area contributed by atoms with Crippen LogP contribution in [0.15, 0.2) is 45.7 Å². The van der Waals surface area contributed by atoms with Crippen LogP contribution in [0.1, 0.15) is 40.3 Å². The molecule has 0 aliphatic carbocycles. The number of ether oxygens (including phenoxy) is 1. The van der Waals surface area contributed by atoms with Crippen molar-refractivity contribution in [3.05, 3.63) is 75.2 Å². The molecule has 3 aromatic rings. The number of pyridine rings is 1. The Bertz CT molecular complexity index is 1330. The van der Waals surface area contributed by atoms with Crippen LogP contribution < -0.4 is 15.5 Å². The molecule has 2 aromatic heterocycles. The molecule has 10 heteroatoms. The molecule has 3 heterocycles. The largest absolute Gasteiger partial charge is 0.478 e. The number of aromatic nitrogens is 2. The van der Waals surface area contributed by atoms with Gasteiger partial charge in [0, 0.05) is 31.0 Å². The van der Waals surface area contributed by atoms with Crippen molar-refractivity contribution in [1.29, 1.82) is 0 Å². The molecule has 0 fully saturated rings. The van der Waals surface area contributed by atoms with Gasteiger partial charge in [-0.3, -0.25) is 14.4 Å². The number of halogens is 1. The summed E-state index contributed by atoms with van der Waals surface area (Å²) < 4.78 is 25.3. The van der Waals surface area contributed by atoms with Crippen LogP contribution in [0, 0.1) is 5.82 Å². The predicted octanol–water partition coefficient (Wildman–Crippen LogP) is 3.00. The lowest BCUT2D eigenvalue weighted by atomic mass is 9.90. The van der Waals surface area contributed by atoms with E-state index in [1.807, 2.05) is 6.92 Å². The van der Waals surface area contributed by atoms with E-state index in [-0.39, 0.29) is 30.3 Å². The zero-order valence-corrected chi connectivity index (χ0v) is 21.2. The van der Waals surface area contributed by atoms with Crippen molar-refractivity contribution in [2.45, 2.75) is 45.4 Å². The predicted molar refractivity (Wildman–Crippen MR) is 130 cm³/mol. The Labute approximate surface area is 203 Å². The van der Waals surface area contributed by atoms with Crippen molar-refractivity contribution in [1.82, 2.24) is 15.0 Å². The molecule has 0 radical (unpaired) electrons. The molecule has 184 valence electrons. The number of nitrogens with zero attached hydrogens (tertiary/aromatic N) is 2. The van der Waals surface area contributed by atoms with E-state index >= 15 is 0 Å². The number of amides is 1. The molecular weight excluding hydrogens is 469 g/mol. The molecule has 0 bridgehead atoms. The number of hydrogen-bond acceptors (Lipinski definition) is 6. The molecule has 0 saturated heterocycles. The van der Waals surface area contributed by atoms with E-state index in [0.29, 0.717) is 40.9 Å². The van der Waals surface area contributed by atoms with Gasteiger partial charge in [0.2, 0.25) is 11.6 Å². The highest BCUT2D eigenvalue weighted by Gasteiger charge is 2.38. The van der Waals surface area contributed by atoms with Gasteiger partial charge in [-0.25, -0.2) is 9.37 Å². The molecule has 1 aliphatic heterocycles. The van der Waals surface area contributed by atoms with Crippen LogP contribution >= 0.6 is 0 Å². The first-order valence-electron chi connectivity index (χ1n) is 11.5. The quantitative estimate of drug-likeness (QED) is 0.503. The second-order valence-corrected chi connectivity index (χ2v) is 14.6. The summed E-state index contributed by atoms with van der Waals surface area (Å²) in [7, 11) is -1.87. The van der Waals surface area contributed by atoms with Gasteiger partial charge in [0.05, 0.1) is 26.4 Å². The maximum Gasteiger partial charge on any atom is 0.293 e. The molecule has 0 spiro atoms. The van der Waals surface area contributed by atoms with Gasteiger partial charge >= 0.3 is 0 Å². The van der Waals surface area contributed by atoms with Crippen molar-refractivity contribution in [3.63, 3.8) is 0 Å². The number of carbonyl (C=O) groups excluding carboxylic acids is 2. The highest BCUT2D eigenvalue weighted by molar-refractivity contribution is 6.88. The standard InChI is InChI=1S/C25H28FN3O5Si/c1-5-33-23-9-7-16-18(27-23)10-11-29(25(32)20-14-22(31)28-34-20)24(16)19(30)13-15-6-8-21(17(26)12-15)35(2,3)4/h6-9,12,14,24H,5,10-11,13H2,1-4H3,(H,28,31)/t24-/m1/s1. The number of rotatable bonds is 7. The Morgan fingerprint density at radius 3 is 2.63 bits per heavy atom. The summed E-state index contributed by atoms with van der Waals surface area (Å²) in [5.74, 6) is -0.924. The zero-order chi connectivity index (χ0) is 25.3. The van der Waals surface area contributed by atoms with Crippen LogP contribution in [0.25, 0.3) is 0 Å². The van der Waals surface area contributed by atoms with E-state index < -0.39 is 25.6 Å². The third kappa shape index (κ3) is 5.12. The van der Waals surface area contributed by atoms with Crippen LogP contribution in [0.5, 0.6) is 5.88 Å². The molecule has 0 unspecified atom stereocenters. The fourth-order valence-electron chi connectivity index (χ4n) is 4.36. The van der Waals surface area contributed by atoms with E-state index in [1.165, 1.54) is 11.0 Å². The first kappa shape index (κ1) is 24.6. The molecule has 0 saturated carbocycles. The Morgan fingerprint density at radius 1 is 1.23 bits per heavy atom. The second kappa shape index (κ2) is 9.61. The van der Waals surface area contributed by atoms with Gasteiger partial charge in [-0.2, -0.15) is 5.16 Å². The smallest absolute Gasteiger partial charge is 0.293 e. The van der Waals surface area contributed by atoms with E-state index in [2.05, 4.69) is 29.8 Å². The van der Waals surface area contributed by atoms with Crippen molar-refractivity contribution in [2.24, 2.45) is 0 Å². The molecule has 1 amide bonds. The third-order valence-corrected chi connectivity index (χ3v) is 8.01. The minimum Gasteiger partial charge on any atom is -0.478 e. The Balaban J connectivity index is 1.69. The number of H-pyrrole nitrogens is 1. The Hall–Kier alpha value is -3.53. The maximum atomic E-state index is 14.8. The Kier molecular flexibility index (Phi) is 6.75. The third-order valence-electron chi connectivity index (χ3n) is 5.99. The van der Waals surface area contributed by atoms with Crippen molar-refractivity contribution < 1.29 is 23.2 Å². The summed E-state index contributed by atoms with van der Waals surface area (Å²) >= 11 is 0. The van der Waals surface area contributed by atoms with Gasteiger partial charge in [-0.05, 0) is 29.8 Å². The summed E-state index contributed by atoms with van der Waals surface area (Å²) in [4.78, 5) is 44.2. The van der Waals surface area contributed by atoms with E-state index in [9.17, 15) is 18.8 Å². The molecule has 35 heavy (non-hydrogen) atoms. The summed E-state index contributed by atoms with van der Waals surface area (Å²) in [5.41, 5.74) is 1.22. The van der Waals surface area contributed by atoms with E-state index in [4.69, 9.17) is 9.26 Å². The average Bonchev–Trinajstić information content (AvgIpc) is 3.23. The van der Waals surface area contributed by atoms with Crippen LogP contribution in [0.3, 0.4) is 0 Å². The molecular formula is C25H28FN3O5Si. The number of benzene rings is 1. The summed E-state index contributed by atoms with van der Waals surface area (Å²) in [6, 6.07) is 8.42. The summed E-state index contributed by atoms with van der Waals surface area (Å²) in [6.45, 7) is 8.67. The highest BCUT2D eigenvalue weighted by atomic mass is 28.3. The van der Waals surface area contributed by atoms with Crippen LogP contribution in [-0.2, 0) is 17.6 Å². The molecule has 1 atom stereocenters. The van der Waals surface area contributed by atoms with Crippen molar-refractivity contribution >= 4 is 25.0 Å². The average molecular weight is 498 g/mol. The van der Waals surface area contributed by atoms with Gasteiger partial charge in [0.1, 0.15) is 11.9 Å². The van der Waals surface area contributed by atoms with Crippen LogP contribution in [0.4, 0.5) is 4.39 Å². The molecule has 4 rings (SSSR count). The van der Waals surface area contributed by atoms with Gasteiger partial charge in [-0.15, -0.1) is 0 Å². The highest BCUT2D eigenvalue weighted by Crippen LogP contribution is 2.33. The number of aromatic amines is 1. The van der Waals surface area contributed by atoms with Crippen molar-refractivity contribution in [3.8, 4) is 5.88 Å². The van der Waals surface area contributed by atoms with Gasteiger partial charge in [-0.1, -0.05) is 31.8 Å². The second-order valence-electron chi connectivity index (χ2n) is 9.55. The van der Waals surface area contributed by atoms with Gasteiger partial charge < -0.3 is 14.2 Å². The number of fused-ring (bicyclic) bond motifs is 1. The Morgan fingerprint density at radius 2 is 2.00 bits per heavy atom. The lowest BCUT2D eigenvalue weighted by molar-refractivity contribution is -0.123. The minimum absolute atomic E-state index is 0.0684. The summed E-state index contributed by atoms with van der Waals surface area (Å²) in [6.07, 6.45) is 0.334. The number of Topliss-reactive ketones (excluding diaryl/α,β-unsaturated/α-hetero) is 1. The molecule has 1 aromatic carbocycles. The number of carbonyl (C=O) groups is 2. The fourth-order valence-corrected chi connectivity index (χ4v) is 5.74. The minimum atomic E-state index is -1.87. The first-order valence-corrected chi connectivity index (χ1v) is 15.0. The fraction of sp³-hybridized carbons (Fsp3) is 0.360. The van der Waals surface area contributed by atoms with E-state index in [0.717, 1.165) is 6.07 Å². The maximum absolute atomic E-state index is 14.8. The summed E-state index contributed by atoms with van der Waals surface area (Å²) in [5, 5.41) is 2.80. The normalized spacial score (nSPS) is 15.6. The van der Waals surface area contributed by atoms with Gasteiger partial charge in [0.25, 0.3) is 11.5 Å². The SMILES string of the molecule is CCOc1ccc2c(n1)CCN(C(=O)c1cc(=O)[nH]o1)[C@H]2C(=O)Cc1ccc([Si](C)(C)C)c(F)c1. The molecule has 1 aliphatic rings. The monoisotopic (exact) mass is 497 g/mol. The van der Waals surface area contributed by atoms with Crippen LogP contribution in [0.2, 0.25) is 19.6 Å².